The summed E-state index contributed by atoms with van der Waals surface area (Å²) in [6, 6.07) is 7.45. The molecule has 21 heavy (non-hydrogen) atoms. The second kappa shape index (κ2) is 6.01. The van der Waals surface area contributed by atoms with Crippen molar-refractivity contribution in [1.29, 1.82) is 0 Å². The highest BCUT2D eigenvalue weighted by Crippen LogP contribution is 2.34. The van der Waals surface area contributed by atoms with Crippen LogP contribution < -0.4 is 0 Å². The predicted molar refractivity (Wildman–Crippen MR) is 89.0 cm³/mol. The van der Waals surface area contributed by atoms with Gasteiger partial charge in [-0.15, -0.1) is 11.3 Å². The average molecular weight is 336 g/mol. The number of halogens is 1. The number of thiophene rings is 1. The number of carbonyl (C=O) groups is 1. The molecular formula is C14H10ClN3OS2. The molecular weight excluding hydrogens is 326 g/mol. The maximum absolute atomic E-state index is 12.2. The van der Waals surface area contributed by atoms with Crippen molar-refractivity contribution >= 4 is 57.5 Å². The van der Waals surface area contributed by atoms with Gasteiger partial charge in [-0.3, -0.25) is 9.69 Å². The smallest absolute Gasteiger partial charge is 0.266 e. The lowest BCUT2D eigenvalue weighted by atomic mass is 10.4. The van der Waals surface area contributed by atoms with E-state index in [-0.39, 0.29) is 5.91 Å². The summed E-state index contributed by atoms with van der Waals surface area (Å²) in [5, 5.41) is 2.89. The molecule has 3 heterocycles. The first-order valence-corrected chi connectivity index (χ1v) is 8.13. The minimum atomic E-state index is -0.0628. The normalized spacial score (nSPS) is 19.0. The average Bonchev–Trinajstić information content (AvgIpc) is 3.07. The van der Waals surface area contributed by atoms with E-state index >= 15 is 0 Å². The lowest BCUT2D eigenvalue weighted by molar-refractivity contribution is -0.121. The van der Waals surface area contributed by atoms with Gasteiger partial charge < -0.3 is 0 Å². The lowest BCUT2D eigenvalue weighted by Gasteiger charge is -2.07. The first kappa shape index (κ1) is 14.3. The van der Waals surface area contributed by atoms with Gasteiger partial charge in [-0.1, -0.05) is 17.7 Å². The molecule has 0 aliphatic carbocycles. The van der Waals surface area contributed by atoms with Gasteiger partial charge in [-0.2, -0.15) is 0 Å². The van der Waals surface area contributed by atoms with Gasteiger partial charge in [-0.25, -0.2) is 9.98 Å². The summed E-state index contributed by atoms with van der Waals surface area (Å²) in [6.07, 6.45) is 3.48. The number of thioether (sulfide) groups is 1. The van der Waals surface area contributed by atoms with Crippen LogP contribution in [-0.4, -0.2) is 28.0 Å². The van der Waals surface area contributed by atoms with Gasteiger partial charge in [0.15, 0.2) is 10.3 Å². The van der Waals surface area contributed by atoms with Crippen molar-refractivity contribution in [3.63, 3.8) is 0 Å². The van der Waals surface area contributed by atoms with Crippen LogP contribution in [0.3, 0.4) is 0 Å². The molecule has 0 unspecified atom stereocenters. The van der Waals surface area contributed by atoms with E-state index in [9.17, 15) is 4.79 Å². The van der Waals surface area contributed by atoms with Crippen molar-refractivity contribution in [1.82, 2.24) is 9.88 Å². The van der Waals surface area contributed by atoms with Gasteiger partial charge in [0.05, 0.1) is 4.91 Å². The van der Waals surface area contributed by atoms with Crippen LogP contribution in [0.5, 0.6) is 0 Å². The van der Waals surface area contributed by atoms with Crippen LogP contribution >= 0.6 is 34.7 Å². The second-order valence-electron chi connectivity index (χ2n) is 4.20. The second-order valence-corrected chi connectivity index (χ2v) is 6.54. The fourth-order valence-electron chi connectivity index (χ4n) is 1.72. The van der Waals surface area contributed by atoms with Crippen molar-refractivity contribution in [2.75, 3.05) is 7.05 Å². The van der Waals surface area contributed by atoms with Crippen LogP contribution in [0.1, 0.15) is 4.88 Å². The van der Waals surface area contributed by atoms with Crippen molar-refractivity contribution in [3.8, 4) is 0 Å². The van der Waals surface area contributed by atoms with Crippen LogP contribution in [-0.2, 0) is 4.79 Å². The van der Waals surface area contributed by atoms with E-state index < -0.39 is 0 Å². The van der Waals surface area contributed by atoms with Crippen LogP contribution in [0.25, 0.3) is 6.08 Å². The quantitative estimate of drug-likeness (QED) is 0.615. The number of amides is 1. The van der Waals surface area contributed by atoms with Crippen LogP contribution in [0.2, 0.25) is 5.15 Å². The van der Waals surface area contributed by atoms with Gasteiger partial charge >= 0.3 is 0 Å². The van der Waals surface area contributed by atoms with Gasteiger partial charge in [-0.05, 0) is 41.4 Å². The molecule has 0 spiro atoms. The molecule has 3 rings (SSSR count). The van der Waals surface area contributed by atoms with E-state index in [1.54, 1.807) is 36.7 Å². The molecule has 1 fully saturated rings. The fourth-order valence-corrected chi connectivity index (χ4v) is 3.58. The van der Waals surface area contributed by atoms with Crippen molar-refractivity contribution in [2.45, 2.75) is 0 Å². The molecule has 1 aliphatic heterocycles. The Kier molecular flexibility index (Phi) is 4.10. The maximum atomic E-state index is 12.2. The third kappa shape index (κ3) is 3.02. The highest BCUT2D eigenvalue weighted by molar-refractivity contribution is 8.18. The Morgan fingerprint density at radius 1 is 1.38 bits per heavy atom. The number of hydrogen-bond acceptors (Lipinski definition) is 5. The van der Waals surface area contributed by atoms with E-state index in [4.69, 9.17) is 11.6 Å². The number of nitrogens with zero attached hydrogens (tertiary/aromatic N) is 3. The molecule has 0 N–H and O–H groups in total. The molecule has 0 radical (unpaired) electrons. The molecule has 0 bridgehead atoms. The van der Waals surface area contributed by atoms with E-state index in [1.807, 2.05) is 23.6 Å². The molecule has 106 valence electrons. The maximum Gasteiger partial charge on any atom is 0.266 e. The Hall–Kier alpha value is -1.63. The SMILES string of the molecule is CN1C(=O)/C(=C\c2cccs2)SC1=Nc1cccnc1Cl. The summed E-state index contributed by atoms with van der Waals surface area (Å²) >= 11 is 8.92. The highest BCUT2D eigenvalue weighted by Gasteiger charge is 2.30. The Balaban J connectivity index is 1.92. The zero-order valence-corrected chi connectivity index (χ0v) is 13.4. The molecule has 7 heteroatoms. The largest absolute Gasteiger partial charge is 0.290 e. The molecule has 0 aromatic carbocycles. The summed E-state index contributed by atoms with van der Waals surface area (Å²) < 4.78 is 0. The first-order chi connectivity index (χ1) is 10.1. The Morgan fingerprint density at radius 3 is 2.95 bits per heavy atom. The van der Waals surface area contributed by atoms with Crippen molar-refractivity contribution < 1.29 is 4.79 Å². The zero-order chi connectivity index (χ0) is 14.8. The number of likely N-dealkylation sites (N-methyl/N-ethyl adjacent to an activating group) is 1. The van der Waals surface area contributed by atoms with Gasteiger partial charge in [0, 0.05) is 18.1 Å². The summed E-state index contributed by atoms with van der Waals surface area (Å²) in [5.74, 6) is -0.0628. The van der Waals surface area contributed by atoms with E-state index in [2.05, 4.69) is 9.98 Å². The van der Waals surface area contributed by atoms with Crippen molar-refractivity contribution in [3.05, 3.63) is 50.8 Å². The first-order valence-electron chi connectivity index (χ1n) is 6.05. The number of amidine groups is 1. The van der Waals surface area contributed by atoms with Gasteiger partial charge in [0.1, 0.15) is 5.69 Å². The zero-order valence-electron chi connectivity index (χ0n) is 11.0. The molecule has 1 aliphatic rings. The standard InChI is InChI=1S/C14H10ClN3OS2/c1-18-13(19)11(8-9-4-3-7-20-9)21-14(18)17-10-5-2-6-16-12(10)15/h2-8H,1H3/b11-8+,17-14?. The number of aromatic nitrogens is 1. The third-order valence-electron chi connectivity index (χ3n) is 2.78. The Bertz CT molecular complexity index is 740. The summed E-state index contributed by atoms with van der Waals surface area (Å²) in [4.78, 5) is 23.8. The summed E-state index contributed by atoms with van der Waals surface area (Å²) in [6.45, 7) is 0. The molecule has 2 aromatic heterocycles. The molecule has 2 aromatic rings. The summed E-state index contributed by atoms with van der Waals surface area (Å²) in [7, 11) is 1.70. The van der Waals surface area contributed by atoms with Gasteiger partial charge in [0.25, 0.3) is 5.91 Å². The number of carbonyl (C=O) groups excluding carboxylic acids is 1. The van der Waals surface area contributed by atoms with Crippen LogP contribution in [0, 0.1) is 0 Å². The third-order valence-corrected chi connectivity index (χ3v) is 4.95. The van der Waals surface area contributed by atoms with Crippen molar-refractivity contribution in [2.24, 2.45) is 4.99 Å². The number of aliphatic imine (C=N–C) groups is 1. The molecule has 0 atom stereocenters. The number of pyridine rings is 1. The van der Waals surface area contributed by atoms with E-state index in [1.165, 1.54) is 16.7 Å². The van der Waals surface area contributed by atoms with Gasteiger partial charge in [0.2, 0.25) is 0 Å². The lowest BCUT2D eigenvalue weighted by Crippen LogP contribution is -2.23. The predicted octanol–water partition coefficient (Wildman–Crippen LogP) is 4.03. The molecule has 1 amide bonds. The minimum absolute atomic E-state index is 0.0628. The molecule has 0 saturated carbocycles. The van der Waals surface area contributed by atoms with Crippen LogP contribution in [0.4, 0.5) is 5.69 Å². The van der Waals surface area contributed by atoms with E-state index in [0.717, 1.165) is 4.88 Å². The molecule has 4 nitrogen and oxygen atoms in total. The molecule has 1 saturated heterocycles. The topological polar surface area (TPSA) is 45.6 Å². The Labute approximate surface area is 135 Å². The van der Waals surface area contributed by atoms with Crippen LogP contribution in [0.15, 0.2) is 45.7 Å². The van der Waals surface area contributed by atoms with E-state index in [0.29, 0.717) is 20.9 Å². The highest BCUT2D eigenvalue weighted by atomic mass is 35.5. The number of hydrogen-bond donors (Lipinski definition) is 0. The monoisotopic (exact) mass is 335 g/mol. The fraction of sp³-hybridized carbons (Fsp3) is 0.0714. The Morgan fingerprint density at radius 2 is 2.24 bits per heavy atom. The minimum Gasteiger partial charge on any atom is -0.290 e. The summed E-state index contributed by atoms with van der Waals surface area (Å²) in [5.41, 5.74) is 0.554. The number of rotatable bonds is 2.